The first-order chi connectivity index (χ1) is 4.71. The van der Waals surface area contributed by atoms with Crippen LogP contribution in [0.4, 0.5) is 0 Å². The summed E-state index contributed by atoms with van der Waals surface area (Å²) in [4.78, 5) is 25.7. The van der Waals surface area contributed by atoms with Crippen LogP contribution in [0.25, 0.3) is 0 Å². The predicted molar refractivity (Wildman–Crippen MR) is 42.5 cm³/mol. The maximum atomic E-state index is 10.1. The molecule has 0 spiro atoms. The van der Waals surface area contributed by atoms with Gasteiger partial charge < -0.3 is 14.6 Å². The van der Waals surface area contributed by atoms with Crippen molar-refractivity contribution in [2.45, 2.75) is 19.1 Å². The molecular weight excluding hydrogens is 187 g/mol. The summed E-state index contributed by atoms with van der Waals surface area (Å²) in [7, 11) is -6.57. The first kappa shape index (κ1) is 11.3. The molecule has 0 aliphatic rings. The molecule has 0 rings (SSSR count). The highest BCUT2D eigenvalue weighted by atomic mass is 31.2. The van der Waals surface area contributed by atoms with Gasteiger partial charge in [-0.25, -0.2) is 4.57 Å². The molecule has 0 aromatic rings. The van der Waals surface area contributed by atoms with Gasteiger partial charge in [0, 0.05) is 0 Å². The van der Waals surface area contributed by atoms with Gasteiger partial charge in [0.1, 0.15) is 0 Å². The highest BCUT2D eigenvalue weighted by Gasteiger charge is 2.20. The van der Waals surface area contributed by atoms with Gasteiger partial charge in [0.05, 0.1) is 6.61 Å². The lowest BCUT2D eigenvalue weighted by Gasteiger charge is -2.13. The smallest absolute Gasteiger partial charge is 0.432 e. The zero-order chi connectivity index (χ0) is 9.12. The van der Waals surface area contributed by atoms with Crippen molar-refractivity contribution in [1.29, 1.82) is 0 Å². The van der Waals surface area contributed by atoms with Crippen LogP contribution in [0.5, 0.6) is 0 Å². The van der Waals surface area contributed by atoms with E-state index in [1.165, 1.54) is 0 Å². The molecule has 11 heavy (non-hydrogen) atoms. The van der Waals surface area contributed by atoms with E-state index in [1.807, 2.05) is 0 Å². The lowest BCUT2D eigenvalue weighted by atomic mass is 10.9. The molecule has 0 aliphatic carbocycles. The molecular formula is C4H13O5PSi. The summed E-state index contributed by atoms with van der Waals surface area (Å²) >= 11 is 0. The minimum Gasteiger partial charge on any atom is -0.432 e. The summed E-state index contributed by atoms with van der Waals surface area (Å²) in [6.45, 7) is 3.27. The monoisotopic (exact) mass is 200 g/mol. The van der Waals surface area contributed by atoms with Crippen molar-refractivity contribution in [3.8, 4) is 0 Å². The molecule has 0 aliphatic heterocycles. The van der Waals surface area contributed by atoms with E-state index in [2.05, 4.69) is 4.52 Å². The van der Waals surface area contributed by atoms with Crippen LogP contribution in [0.1, 0.15) is 0 Å². The van der Waals surface area contributed by atoms with Crippen molar-refractivity contribution in [3.05, 3.63) is 0 Å². The van der Waals surface area contributed by atoms with Crippen molar-refractivity contribution in [1.82, 2.24) is 0 Å². The molecule has 3 N–H and O–H groups in total. The minimum absolute atomic E-state index is 0.0833. The number of hydrogen-bond donors (Lipinski definition) is 3. The van der Waals surface area contributed by atoms with Crippen molar-refractivity contribution in [2.75, 3.05) is 6.61 Å². The third kappa shape index (κ3) is 10.3. The van der Waals surface area contributed by atoms with E-state index in [0.717, 1.165) is 0 Å². The number of hydrogen-bond acceptors (Lipinski definition) is 3. The van der Waals surface area contributed by atoms with Crippen molar-refractivity contribution in [3.63, 3.8) is 0 Å². The first-order valence-electron chi connectivity index (χ1n) is 3.13. The molecule has 0 fully saturated rings. The topological polar surface area (TPSA) is 87.0 Å². The number of rotatable bonds is 4. The highest BCUT2D eigenvalue weighted by Crippen LogP contribution is 2.36. The lowest BCUT2D eigenvalue weighted by Crippen LogP contribution is -2.26. The zero-order valence-corrected chi connectivity index (χ0v) is 8.41. The summed E-state index contributed by atoms with van der Waals surface area (Å²) < 4.78 is 14.3. The normalized spacial score (nSPS) is 13.5. The Kier molecular flexibility index (Phi) is 3.90. The minimum atomic E-state index is -4.34. The van der Waals surface area contributed by atoms with E-state index in [-0.39, 0.29) is 6.61 Å². The van der Waals surface area contributed by atoms with Gasteiger partial charge in [0.2, 0.25) is 0 Å². The Morgan fingerprint density at radius 3 is 2.18 bits per heavy atom. The second-order valence-corrected chi connectivity index (χ2v) is 8.25. The van der Waals surface area contributed by atoms with Crippen molar-refractivity contribution >= 4 is 16.1 Å². The van der Waals surface area contributed by atoms with Crippen LogP contribution in [0.3, 0.4) is 0 Å². The molecule has 0 heterocycles. The maximum Gasteiger partial charge on any atom is 0.469 e. The van der Waals surface area contributed by atoms with Gasteiger partial charge in [0.25, 0.3) is 0 Å². The Balaban J connectivity index is 3.52. The quantitative estimate of drug-likeness (QED) is 0.448. The summed E-state index contributed by atoms with van der Waals surface area (Å²) in [5.41, 5.74) is 0. The predicted octanol–water partition coefficient (Wildman–Crippen LogP) is 0.293. The third-order valence-electron chi connectivity index (χ3n) is 0.973. The van der Waals surface area contributed by atoms with Crippen molar-refractivity contribution < 1.29 is 23.7 Å². The van der Waals surface area contributed by atoms with Crippen LogP contribution in [-0.4, -0.2) is 29.5 Å². The van der Waals surface area contributed by atoms with Crippen molar-refractivity contribution in [2.24, 2.45) is 0 Å². The maximum absolute atomic E-state index is 10.1. The Bertz CT molecular complexity index is 158. The van der Waals surface area contributed by atoms with Gasteiger partial charge in [-0.3, -0.25) is 4.52 Å². The Hall–Kier alpha value is 0.287. The van der Waals surface area contributed by atoms with Gasteiger partial charge in [-0.2, -0.15) is 0 Å². The standard InChI is InChI=1S/C4H13O5PSi/c1-11(2,8)4-3-9-10(5,6)7/h8H,3-4H2,1-2H3,(H2,5,6,7). The summed E-state index contributed by atoms with van der Waals surface area (Å²) in [5.74, 6) is 0. The summed E-state index contributed by atoms with van der Waals surface area (Å²) in [6, 6.07) is 0.331. The van der Waals surface area contributed by atoms with E-state index in [9.17, 15) is 9.36 Å². The average Bonchev–Trinajstić information content (AvgIpc) is 1.55. The van der Waals surface area contributed by atoms with Crippen LogP contribution < -0.4 is 0 Å². The molecule has 0 atom stereocenters. The molecule has 0 amide bonds. The van der Waals surface area contributed by atoms with Crippen LogP contribution in [-0.2, 0) is 9.09 Å². The number of phosphoric acid groups is 1. The van der Waals surface area contributed by atoms with Crippen LogP contribution >= 0.6 is 7.82 Å². The largest absolute Gasteiger partial charge is 0.469 e. The van der Waals surface area contributed by atoms with Gasteiger partial charge in [-0.15, -0.1) is 0 Å². The van der Waals surface area contributed by atoms with E-state index in [4.69, 9.17) is 9.79 Å². The van der Waals surface area contributed by atoms with Gasteiger partial charge in [-0.05, 0) is 19.1 Å². The Morgan fingerprint density at radius 2 is 1.91 bits per heavy atom. The molecule has 5 nitrogen and oxygen atoms in total. The van der Waals surface area contributed by atoms with Crippen LogP contribution in [0.2, 0.25) is 19.1 Å². The zero-order valence-electron chi connectivity index (χ0n) is 6.52. The molecule has 0 unspecified atom stereocenters. The molecule has 0 saturated heterocycles. The van der Waals surface area contributed by atoms with Gasteiger partial charge >= 0.3 is 7.82 Å². The fraction of sp³-hybridized carbons (Fsp3) is 1.00. The SMILES string of the molecule is C[Si](C)(O)CCOP(=O)(O)O. The average molecular weight is 200 g/mol. The van der Waals surface area contributed by atoms with Crippen LogP contribution in [0.15, 0.2) is 0 Å². The summed E-state index contributed by atoms with van der Waals surface area (Å²) in [5, 5.41) is 0. The number of phosphoric ester groups is 1. The lowest BCUT2D eigenvalue weighted by molar-refractivity contribution is 0.204. The molecule has 0 aromatic heterocycles. The molecule has 0 saturated carbocycles. The Labute approximate surface area is 66.4 Å². The molecule has 0 radical (unpaired) electrons. The molecule has 68 valence electrons. The van der Waals surface area contributed by atoms with Crippen LogP contribution in [0, 0.1) is 0 Å². The van der Waals surface area contributed by atoms with Gasteiger partial charge in [0.15, 0.2) is 8.32 Å². The molecule has 7 heteroatoms. The van der Waals surface area contributed by atoms with E-state index in [1.54, 1.807) is 13.1 Å². The molecule has 0 bridgehead atoms. The fourth-order valence-corrected chi connectivity index (χ4v) is 1.52. The van der Waals surface area contributed by atoms with E-state index >= 15 is 0 Å². The Morgan fingerprint density at radius 1 is 1.45 bits per heavy atom. The summed E-state index contributed by atoms with van der Waals surface area (Å²) in [6.07, 6.45) is 0. The van der Waals surface area contributed by atoms with Gasteiger partial charge in [-0.1, -0.05) is 0 Å². The third-order valence-corrected chi connectivity index (χ3v) is 2.92. The van der Waals surface area contributed by atoms with E-state index < -0.39 is 16.1 Å². The second-order valence-electron chi connectivity index (χ2n) is 2.89. The first-order valence-corrected chi connectivity index (χ1v) is 7.82. The second kappa shape index (κ2) is 3.80. The molecule has 0 aromatic carbocycles. The highest BCUT2D eigenvalue weighted by molar-refractivity contribution is 7.46. The van der Waals surface area contributed by atoms with E-state index in [0.29, 0.717) is 6.04 Å². The fourth-order valence-electron chi connectivity index (χ4n) is 0.414.